The second kappa shape index (κ2) is 4.56. The first kappa shape index (κ1) is 13.8. The molecule has 0 heterocycles. The van der Waals surface area contributed by atoms with Crippen molar-refractivity contribution in [3.05, 3.63) is 29.3 Å². The van der Waals surface area contributed by atoms with Crippen LogP contribution in [0.4, 0.5) is 13.2 Å². The van der Waals surface area contributed by atoms with Crippen molar-refractivity contribution in [3.8, 4) is 5.75 Å². The van der Waals surface area contributed by atoms with E-state index in [1.807, 2.05) is 6.92 Å². The first-order chi connectivity index (χ1) is 7.74. The van der Waals surface area contributed by atoms with Gasteiger partial charge >= 0.3 is 6.18 Å². The van der Waals surface area contributed by atoms with Crippen LogP contribution >= 0.6 is 0 Å². The summed E-state index contributed by atoms with van der Waals surface area (Å²) in [5, 5.41) is 0. The van der Waals surface area contributed by atoms with Crippen molar-refractivity contribution in [3.63, 3.8) is 0 Å². The maximum Gasteiger partial charge on any atom is 0.419 e. The summed E-state index contributed by atoms with van der Waals surface area (Å²) in [6.07, 6.45) is -3.92. The second-order valence-corrected chi connectivity index (χ2v) is 4.16. The number of hydrogen-bond acceptors (Lipinski definition) is 2. The van der Waals surface area contributed by atoms with Crippen molar-refractivity contribution in [2.45, 2.75) is 32.0 Å². The number of benzene rings is 1. The number of methoxy groups -OCH3 is 1. The van der Waals surface area contributed by atoms with Gasteiger partial charge in [0.25, 0.3) is 0 Å². The highest BCUT2D eigenvalue weighted by atomic mass is 19.4. The lowest BCUT2D eigenvalue weighted by atomic mass is 9.88. The highest BCUT2D eigenvalue weighted by Crippen LogP contribution is 2.41. The summed E-state index contributed by atoms with van der Waals surface area (Å²) < 4.78 is 43.3. The highest BCUT2D eigenvalue weighted by molar-refractivity contribution is 5.46. The van der Waals surface area contributed by atoms with Gasteiger partial charge in [-0.1, -0.05) is 19.1 Å². The molecule has 1 unspecified atom stereocenters. The van der Waals surface area contributed by atoms with Crippen molar-refractivity contribution in [2.24, 2.45) is 5.73 Å². The Morgan fingerprint density at radius 2 is 1.76 bits per heavy atom. The minimum atomic E-state index is -4.44. The molecule has 2 N–H and O–H groups in total. The van der Waals surface area contributed by atoms with Gasteiger partial charge in [0.2, 0.25) is 0 Å². The number of alkyl halides is 3. The number of ether oxygens (including phenoxy) is 1. The standard InChI is InChI=1S/C12H16F3NO/c1-4-11(2,16)8-6-5-7-9(10(8)17-3)12(13,14)15/h5-7H,4,16H2,1-3H3. The summed E-state index contributed by atoms with van der Waals surface area (Å²) in [6, 6.07) is 3.91. The summed E-state index contributed by atoms with van der Waals surface area (Å²) in [5.74, 6) is -0.188. The molecule has 5 heteroatoms. The van der Waals surface area contributed by atoms with Crippen LogP contribution in [0.3, 0.4) is 0 Å². The van der Waals surface area contributed by atoms with E-state index in [2.05, 4.69) is 0 Å². The zero-order valence-corrected chi connectivity index (χ0v) is 10.1. The minimum absolute atomic E-state index is 0.188. The Bertz CT molecular complexity index is 399. The van der Waals surface area contributed by atoms with E-state index in [4.69, 9.17) is 10.5 Å². The third-order valence-corrected chi connectivity index (χ3v) is 2.87. The largest absolute Gasteiger partial charge is 0.496 e. The molecule has 0 aromatic heterocycles. The van der Waals surface area contributed by atoms with E-state index in [0.717, 1.165) is 6.07 Å². The monoisotopic (exact) mass is 247 g/mol. The molecule has 0 fully saturated rings. The Labute approximate surface area is 98.6 Å². The lowest BCUT2D eigenvalue weighted by Gasteiger charge is -2.27. The fourth-order valence-electron chi connectivity index (χ4n) is 1.62. The third kappa shape index (κ3) is 2.72. The van der Waals surface area contributed by atoms with Gasteiger partial charge in [0.1, 0.15) is 5.75 Å². The maximum absolute atomic E-state index is 12.8. The van der Waals surface area contributed by atoms with Gasteiger partial charge in [-0.3, -0.25) is 0 Å². The Morgan fingerprint density at radius 3 is 2.18 bits per heavy atom. The zero-order valence-electron chi connectivity index (χ0n) is 10.1. The number of halogens is 3. The van der Waals surface area contributed by atoms with Crippen molar-refractivity contribution in [1.29, 1.82) is 0 Å². The van der Waals surface area contributed by atoms with Gasteiger partial charge in [0.05, 0.1) is 12.7 Å². The molecule has 0 saturated heterocycles. The molecule has 2 nitrogen and oxygen atoms in total. The van der Waals surface area contributed by atoms with Crippen molar-refractivity contribution >= 4 is 0 Å². The molecule has 0 aliphatic carbocycles. The number of hydrogen-bond donors (Lipinski definition) is 1. The topological polar surface area (TPSA) is 35.2 Å². The number of nitrogens with two attached hydrogens (primary N) is 1. The summed E-state index contributed by atoms with van der Waals surface area (Å²) in [6.45, 7) is 3.50. The molecule has 17 heavy (non-hydrogen) atoms. The van der Waals surface area contributed by atoms with Crippen LogP contribution < -0.4 is 10.5 Å². The number of rotatable bonds is 3. The predicted molar refractivity (Wildman–Crippen MR) is 59.8 cm³/mol. The van der Waals surface area contributed by atoms with Crippen molar-refractivity contribution in [2.75, 3.05) is 7.11 Å². The fourth-order valence-corrected chi connectivity index (χ4v) is 1.62. The lowest BCUT2D eigenvalue weighted by Crippen LogP contribution is -2.33. The lowest BCUT2D eigenvalue weighted by molar-refractivity contribution is -0.138. The predicted octanol–water partition coefficient (Wildman–Crippen LogP) is 3.30. The van der Waals surface area contributed by atoms with E-state index in [1.54, 1.807) is 13.0 Å². The summed E-state index contributed by atoms with van der Waals surface area (Å²) >= 11 is 0. The molecule has 0 spiro atoms. The third-order valence-electron chi connectivity index (χ3n) is 2.87. The van der Waals surface area contributed by atoms with Crippen LogP contribution in [0.2, 0.25) is 0 Å². The van der Waals surface area contributed by atoms with Gasteiger partial charge in [-0.25, -0.2) is 0 Å². The molecule has 0 aliphatic rings. The Morgan fingerprint density at radius 1 is 1.24 bits per heavy atom. The summed E-state index contributed by atoms with van der Waals surface area (Å²) in [5.41, 5.74) is 4.72. The van der Waals surface area contributed by atoms with E-state index in [1.165, 1.54) is 13.2 Å². The molecule has 1 atom stereocenters. The molecule has 0 bridgehead atoms. The van der Waals surface area contributed by atoms with Gasteiger partial charge in [-0.15, -0.1) is 0 Å². The summed E-state index contributed by atoms with van der Waals surface area (Å²) in [7, 11) is 1.22. The van der Waals surface area contributed by atoms with Crippen molar-refractivity contribution < 1.29 is 17.9 Å². The number of para-hydroxylation sites is 1. The van der Waals surface area contributed by atoms with Crippen LogP contribution in [0.5, 0.6) is 5.75 Å². The van der Waals surface area contributed by atoms with E-state index in [9.17, 15) is 13.2 Å². The molecule has 1 aromatic rings. The Kier molecular flexibility index (Phi) is 3.71. The molecular formula is C12H16F3NO. The quantitative estimate of drug-likeness (QED) is 0.889. The van der Waals surface area contributed by atoms with Crippen LogP contribution in [0.25, 0.3) is 0 Å². The average molecular weight is 247 g/mol. The van der Waals surface area contributed by atoms with Gasteiger partial charge < -0.3 is 10.5 Å². The normalized spacial score (nSPS) is 15.5. The average Bonchev–Trinajstić information content (AvgIpc) is 2.26. The van der Waals surface area contributed by atoms with Crippen LogP contribution in [0, 0.1) is 0 Å². The maximum atomic E-state index is 12.8. The van der Waals surface area contributed by atoms with E-state index < -0.39 is 17.3 Å². The summed E-state index contributed by atoms with van der Waals surface area (Å²) in [4.78, 5) is 0. The fraction of sp³-hybridized carbons (Fsp3) is 0.500. The van der Waals surface area contributed by atoms with Gasteiger partial charge in [-0.05, 0) is 19.4 Å². The van der Waals surface area contributed by atoms with Crippen LogP contribution in [0.1, 0.15) is 31.4 Å². The Hall–Kier alpha value is -1.23. The van der Waals surface area contributed by atoms with E-state index in [-0.39, 0.29) is 5.75 Å². The second-order valence-electron chi connectivity index (χ2n) is 4.16. The smallest absolute Gasteiger partial charge is 0.419 e. The molecule has 1 aromatic carbocycles. The minimum Gasteiger partial charge on any atom is -0.496 e. The van der Waals surface area contributed by atoms with Gasteiger partial charge in [0, 0.05) is 11.1 Å². The van der Waals surface area contributed by atoms with Crippen LogP contribution in [0.15, 0.2) is 18.2 Å². The van der Waals surface area contributed by atoms with Crippen LogP contribution in [-0.2, 0) is 11.7 Å². The van der Waals surface area contributed by atoms with E-state index in [0.29, 0.717) is 12.0 Å². The molecule has 0 amide bonds. The first-order valence-electron chi connectivity index (χ1n) is 5.27. The highest BCUT2D eigenvalue weighted by Gasteiger charge is 2.37. The first-order valence-corrected chi connectivity index (χ1v) is 5.27. The van der Waals surface area contributed by atoms with Crippen molar-refractivity contribution in [1.82, 2.24) is 0 Å². The molecule has 0 aliphatic heterocycles. The molecule has 1 rings (SSSR count). The SMILES string of the molecule is CCC(C)(N)c1cccc(C(F)(F)F)c1OC. The Balaban J connectivity index is 3.44. The zero-order chi connectivity index (χ0) is 13.3. The van der Waals surface area contributed by atoms with Gasteiger partial charge in [0.15, 0.2) is 0 Å². The molecule has 0 radical (unpaired) electrons. The van der Waals surface area contributed by atoms with Crippen LogP contribution in [-0.4, -0.2) is 7.11 Å². The molecule has 96 valence electrons. The molecular weight excluding hydrogens is 231 g/mol. The van der Waals surface area contributed by atoms with Gasteiger partial charge in [-0.2, -0.15) is 13.2 Å². The van der Waals surface area contributed by atoms with E-state index >= 15 is 0 Å². The molecule has 0 saturated carbocycles.